The zero-order chi connectivity index (χ0) is 12.4. The summed E-state index contributed by atoms with van der Waals surface area (Å²) >= 11 is 0. The van der Waals surface area contributed by atoms with Gasteiger partial charge in [-0.3, -0.25) is 4.90 Å². The lowest BCUT2D eigenvalue weighted by atomic mass is 9.87. The fourth-order valence-corrected chi connectivity index (χ4v) is 3.85. The van der Waals surface area contributed by atoms with Gasteiger partial charge < -0.3 is 14.6 Å². The lowest BCUT2D eigenvalue weighted by molar-refractivity contribution is -0.116. The quantitative estimate of drug-likeness (QED) is 0.804. The molecule has 1 spiro atoms. The molecule has 0 saturated carbocycles. The van der Waals surface area contributed by atoms with Crippen LogP contribution < -0.4 is 0 Å². The smallest absolute Gasteiger partial charge is 0.0951 e. The summed E-state index contributed by atoms with van der Waals surface area (Å²) < 4.78 is 11.5. The molecular weight excluding hydrogens is 230 g/mol. The summed E-state index contributed by atoms with van der Waals surface area (Å²) in [6.45, 7) is 3.91. The summed E-state index contributed by atoms with van der Waals surface area (Å²) in [5.41, 5.74) is -0.0135. The maximum Gasteiger partial charge on any atom is 0.0951 e. The summed E-state index contributed by atoms with van der Waals surface area (Å²) in [7, 11) is 0. The van der Waals surface area contributed by atoms with Gasteiger partial charge in [-0.15, -0.1) is 0 Å². The van der Waals surface area contributed by atoms with Crippen molar-refractivity contribution in [1.82, 2.24) is 4.90 Å². The Morgan fingerprint density at radius 3 is 2.94 bits per heavy atom. The van der Waals surface area contributed by atoms with Crippen LogP contribution >= 0.6 is 0 Å². The summed E-state index contributed by atoms with van der Waals surface area (Å²) in [6, 6.07) is 0.958. The van der Waals surface area contributed by atoms with Crippen molar-refractivity contribution in [2.75, 3.05) is 33.0 Å². The van der Waals surface area contributed by atoms with Gasteiger partial charge in [0.25, 0.3) is 0 Å². The molecule has 0 aliphatic carbocycles. The van der Waals surface area contributed by atoms with Crippen LogP contribution in [0.1, 0.15) is 38.5 Å². The molecule has 3 rings (SSSR count). The van der Waals surface area contributed by atoms with Crippen molar-refractivity contribution in [3.8, 4) is 0 Å². The van der Waals surface area contributed by atoms with Crippen LogP contribution in [0, 0.1) is 0 Å². The van der Waals surface area contributed by atoms with E-state index >= 15 is 0 Å². The molecule has 0 aromatic carbocycles. The van der Waals surface area contributed by atoms with Gasteiger partial charge in [-0.1, -0.05) is 6.42 Å². The van der Waals surface area contributed by atoms with Gasteiger partial charge in [0, 0.05) is 31.7 Å². The van der Waals surface area contributed by atoms with E-state index in [-0.39, 0.29) is 5.60 Å². The first-order chi connectivity index (χ1) is 8.83. The van der Waals surface area contributed by atoms with Crippen LogP contribution in [0.3, 0.4) is 0 Å². The normalized spacial score (nSPS) is 42.5. The SMILES string of the molecule is OCC1CCCCN1C1CCOC2(CCOC2)C1. The highest BCUT2D eigenvalue weighted by Gasteiger charge is 2.43. The average molecular weight is 255 g/mol. The van der Waals surface area contributed by atoms with E-state index in [4.69, 9.17) is 9.47 Å². The van der Waals surface area contributed by atoms with Crippen molar-refractivity contribution >= 4 is 0 Å². The number of likely N-dealkylation sites (tertiary alicyclic amines) is 1. The number of hydrogen-bond acceptors (Lipinski definition) is 4. The minimum atomic E-state index is -0.0135. The zero-order valence-electron chi connectivity index (χ0n) is 11.1. The molecule has 18 heavy (non-hydrogen) atoms. The summed E-state index contributed by atoms with van der Waals surface area (Å²) in [6.07, 6.45) is 6.93. The number of aliphatic hydroxyl groups is 1. The van der Waals surface area contributed by atoms with Crippen LogP contribution in [-0.4, -0.2) is 60.7 Å². The number of aliphatic hydroxyl groups excluding tert-OH is 1. The van der Waals surface area contributed by atoms with Crippen molar-refractivity contribution in [2.24, 2.45) is 0 Å². The van der Waals surface area contributed by atoms with E-state index in [0.29, 0.717) is 18.7 Å². The van der Waals surface area contributed by atoms with Crippen LogP contribution in [-0.2, 0) is 9.47 Å². The second-order valence-electron chi connectivity index (χ2n) is 6.05. The molecule has 0 aromatic rings. The fraction of sp³-hybridized carbons (Fsp3) is 1.00. The summed E-state index contributed by atoms with van der Waals surface area (Å²) in [4.78, 5) is 2.55. The number of nitrogens with zero attached hydrogens (tertiary/aromatic N) is 1. The van der Waals surface area contributed by atoms with Crippen LogP contribution in [0.15, 0.2) is 0 Å². The third-order valence-electron chi connectivity index (χ3n) is 4.89. The first-order valence-electron chi connectivity index (χ1n) is 7.41. The molecule has 104 valence electrons. The first kappa shape index (κ1) is 12.9. The molecular formula is C14H25NO3. The van der Waals surface area contributed by atoms with Gasteiger partial charge in [-0.05, 0) is 32.2 Å². The lowest BCUT2D eigenvalue weighted by Crippen LogP contribution is -2.54. The third kappa shape index (κ3) is 2.44. The number of rotatable bonds is 2. The molecule has 0 bridgehead atoms. The maximum atomic E-state index is 9.55. The maximum absolute atomic E-state index is 9.55. The molecule has 3 heterocycles. The molecule has 0 radical (unpaired) electrons. The topological polar surface area (TPSA) is 41.9 Å². The molecule has 3 fully saturated rings. The van der Waals surface area contributed by atoms with Crippen LogP contribution in [0.25, 0.3) is 0 Å². The van der Waals surface area contributed by atoms with E-state index in [1.165, 1.54) is 12.8 Å². The van der Waals surface area contributed by atoms with E-state index in [1.807, 2.05) is 0 Å². The monoisotopic (exact) mass is 255 g/mol. The highest BCUT2D eigenvalue weighted by atomic mass is 16.6. The summed E-state index contributed by atoms with van der Waals surface area (Å²) in [5.74, 6) is 0. The molecule has 0 amide bonds. The van der Waals surface area contributed by atoms with Gasteiger partial charge in [0.05, 0.1) is 18.8 Å². The molecule has 3 atom stereocenters. The van der Waals surface area contributed by atoms with E-state index in [2.05, 4.69) is 4.90 Å². The van der Waals surface area contributed by atoms with E-state index in [9.17, 15) is 5.11 Å². The van der Waals surface area contributed by atoms with Crippen molar-refractivity contribution < 1.29 is 14.6 Å². The molecule has 4 heteroatoms. The Labute approximate surface area is 109 Å². The number of hydrogen-bond donors (Lipinski definition) is 1. The highest BCUT2D eigenvalue weighted by molar-refractivity contribution is 4.95. The van der Waals surface area contributed by atoms with E-state index in [0.717, 1.165) is 52.0 Å². The van der Waals surface area contributed by atoms with Gasteiger partial charge in [0.1, 0.15) is 0 Å². The molecule has 3 saturated heterocycles. The Bertz CT molecular complexity index is 278. The second kappa shape index (κ2) is 5.45. The molecule has 1 N–H and O–H groups in total. The van der Waals surface area contributed by atoms with Gasteiger partial charge >= 0.3 is 0 Å². The lowest BCUT2D eigenvalue weighted by Gasteiger charge is -2.46. The van der Waals surface area contributed by atoms with E-state index < -0.39 is 0 Å². The predicted molar refractivity (Wildman–Crippen MR) is 68.6 cm³/mol. The Hall–Kier alpha value is -0.160. The van der Waals surface area contributed by atoms with Crippen LogP contribution in [0.5, 0.6) is 0 Å². The van der Waals surface area contributed by atoms with E-state index in [1.54, 1.807) is 0 Å². The Kier molecular flexibility index (Phi) is 3.89. The van der Waals surface area contributed by atoms with Gasteiger partial charge in [-0.25, -0.2) is 0 Å². The first-order valence-corrected chi connectivity index (χ1v) is 7.41. The Balaban J connectivity index is 1.67. The van der Waals surface area contributed by atoms with Crippen molar-refractivity contribution in [3.63, 3.8) is 0 Å². The molecule has 3 aliphatic rings. The number of piperidine rings is 1. The molecule has 3 aliphatic heterocycles. The predicted octanol–water partition coefficient (Wildman–Crippen LogP) is 1.17. The minimum absolute atomic E-state index is 0.0135. The third-order valence-corrected chi connectivity index (χ3v) is 4.89. The Morgan fingerprint density at radius 1 is 1.22 bits per heavy atom. The van der Waals surface area contributed by atoms with Crippen molar-refractivity contribution in [2.45, 2.75) is 56.2 Å². The minimum Gasteiger partial charge on any atom is -0.395 e. The van der Waals surface area contributed by atoms with Gasteiger partial charge in [-0.2, -0.15) is 0 Å². The fourth-order valence-electron chi connectivity index (χ4n) is 3.85. The zero-order valence-corrected chi connectivity index (χ0v) is 11.1. The number of ether oxygens (including phenoxy) is 2. The standard InChI is InChI=1S/C14H25NO3/c16-10-13-3-1-2-6-15(13)12-4-7-18-14(9-12)5-8-17-11-14/h12-13,16H,1-11H2. The largest absolute Gasteiger partial charge is 0.395 e. The molecule has 0 aromatic heterocycles. The van der Waals surface area contributed by atoms with Crippen LogP contribution in [0.4, 0.5) is 0 Å². The van der Waals surface area contributed by atoms with Crippen molar-refractivity contribution in [3.05, 3.63) is 0 Å². The second-order valence-corrected chi connectivity index (χ2v) is 6.05. The molecule has 3 unspecified atom stereocenters. The highest BCUT2D eigenvalue weighted by Crippen LogP contribution is 2.36. The van der Waals surface area contributed by atoms with Crippen molar-refractivity contribution in [1.29, 1.82) is 0 Å². The van der Waals surface area contributed by atoms with Gasteiger partial charge in [0.2, 0.25) is 0 Å². The Morgan fingerprint density at radius 2 is 2.17 bits per heavy atom. The summed E-state index contributed by atoms with van der Waals surface area (Å²) in [5, 5.41) is 9.55. The average Bonchev–Trinajstić information content (AvgIpc) is 2.86. The van der Waals surface area contributed by atoms with Crippen LogP contribution in [0.2, 0.25) is 0 Å². The van der Waals surface area contributed by atoms with Gasteiger partial charge in [0.15, 0.2) is 0 Å². The molecule has 4 nitrogen and oxygen atoms in total.